The molecule has 0 amide bonds. The minimum absolute atomic E-state index is 0.0966. The van der Waals surface area contributed by atoms with E-state index in [-0.39, 0.29) is 11.6 Å². The molecule has 0 aliphatic heterocycles. The summed E-state index contributed by atoms with van der Waals surface area (Å²) < 4.78 is 0. The summed E-state index contributed by atoms with van der Waals surface area (Å²) in [5, 5.41) is 1.54. The van der Waals surface area contributed by atoms with E-state index in [4.69, 9.17) is 0 Å². The lowest BCUT2D eigenvalue weighted by atomic mass is 9.83. The van der Waals surface area contributed by atoms with E-state index in [2.05, 4.69) is 19.9 Å². The van der Waals surface area contributed by atoms with Crippen molar-refractivity contribution in [2.45, 2.75) is 0 Å². The molecular weight excluding hydrogens is 352 g/mol. The Hall–Kier alpha value is -4.06. The second kappa shape index (κ2) is 6.28. The molecule has 0 bridgehead atoms. The van der Waals surface area contributed by atoms with E-state index >= 15 is 0 Å². The van der Waals surface area contributed by atoms with Gasteiger partial charge in [0.1, 0.15) is 12.7 Å². The highest BCUT2D eigenvalue weighted by Crippen LogP contribution is 2.27. The third-order valence-electron chi connectivity index (χ3n) is 4.76. The van der Waals surface area contributed by atoms with Crippen molar-refractivity contribution in [1.82, 2.24) is 19.9 Å². The van der Waals surface area contributed by atoms with Gasteiger partial charge in [-0.15, -0.1) is 0 Å². The molecule has 2 aliphatic rings. The topological polar surface area (TPSA) is 85.7 Å². The standard InChI is InChI=1S/C22H12N4O2/c27-15-1-3-17-19(5-15)22(14-9-25-12-26-10-14)18-4-2-16(28)6-20(18)21(17)13-7-23-11-24-8-13/h1-12H. The van der Waals surface area contributed by atoms with Crippen molar-refractivity contribution in [3.8, 4) is 22.3 Å². The molecular formula is C22H12N4O2. The van der Waals surface area contributed by atoms with Crippen LogP contribution >= 0.6 is 0 Å². The summed E-state index contributed by atoms with van der Waals surface area (Å²) in [7, 11) is 0. The van der Waals surface area contributed by atoms with Gasteiger partial charge in [0, 0.05) is 47.0 Å². The number of allylic oxidation sites excluding steroid dienone is 2. The number of benzene rings is 1. The smallest absolute Gasteiger partial charge is 0.179 e. The quantitative estimate of drug-likeness (QED) is 0.682. The molecule has 0 saturated carbocycles. The summed E-state index contributed by atoms with van der Waals surface area (Å²) >= 11 is 0. The third-order valence-corrected chi connectivity index (χ3v) is 4.76. The van der Waals surface area contributed by atoms with Crippen LogP contribution in [-0.2, 0) is 9.59 Å². The third kappa shape index (κ3) is 2.51. The number of hydrogen-bond acceptors (Lipinski definition) is 6. The molecule has 0 fully saturated rings. The zero-order valence-corrected chi connectivity index (χ0v) is 14.5. The van der Waals surface area contributed by atoms with E-state index in [0.29, 0.717) is 0 Å². The van der Waals surface area contributed by atoms with Crippen molar-refractivity contribution in [3.63, 3.8) is 0 Å². The highest BCUT2D eigenvalue weighted by Gasteiger charge is 2.21. The van der Waals surface area contributed by atoms with Crippen molar-refractivity contribution < 1.29 is 9.59 Å². The highest BCUT2D eigenvalue weighted by atomic mass is 16.1. The molecule has 0 saturated heterocycles. The Balaban J connectivity index is 2.03. The molecule has 3 aromatic rings. The number of aromatic nitrogens is 4. The van der Waals surface area contributed by atoms with Crippen LogP contribution in [0.4, 0.5) is 0 Å². The van der Waals surface area contributed by atoms with Gasteiger partial charge < -0.3 is 0 Å². The Morgan fingerprint density at radius 3 is 1.32 bits per heavy atom. The molecule has 28 heavy (non-hydrogen) atoms. The van der Waals surface area contributed by atoms with E-state index in [1.165, 1.54) is 24.8 Å². The number of rotatable bonds is 2. The van der Waals surface area contributed by atoms with Crippen LogP contribution in [0.1, 0.15) is 11.1 Å². The first-order chi connectivity index (χ1) is 13.7. The van der Waals surface area contributed by atoms with Gasteiger partial charge in [0.05, 0.1) is 0 Å². The average Bonchev–Trinajstić information content (AvgIpc) is 2.73. The van der Waals surface area contributed by atoms with Crippen LogP contribution in [0.3, 0.4) is 0 Å². The minimum Gasteiger partial charge on any atom is -0.290 e. The van der Waals surface area contributed by atoms with Gasteiger partial charge >= 0.3 is 0 Å². The molecule has 5 rings (SSSR count). The maximum absolute atomic E-state index is 12.2. The van der Waals surface area contributed by atoms with Gasteiger partial charge in [-0.3, -0.25) is 9.59 Å². The van der Waals surface area contributed by atoms with E-state index in [9.17, 15) is 9.59 Å². The van der Waals surface area contributed by atoms with Crippen molar-refractivity contribution >= 4 is 35.9 Å². The Morgan fingerprint density at radius 1 is 0.536 bits per heavy atom. The maximum Gasteiger partial charge on any atom is 0.179 e. The summed E-state index contributed by atoms with van der Waals surface area (Å²) in [5.41, 5.74) is 4.88. The van der Waals surface area contributed by atoms with Crippen LogP contribution < -0.4 is 10.4 Å². The highest BCUT2D eigenvalue weighted by molar-refractivity contribution is 6.20. The summed E-state index contributed by atoms with van der Waals surface area (Å²) in [4.78, 5) is 40.9. The number of fused-ring (bicyclic) bond motifs is 2. The second-order valence-electron chi connectivity index (χ2n) is 6.42. The van der Waals surface area contributed by atoms with E-state index in [1.807, 2.05) is 0 Å². The van der Waals surface area contributed by atoms with Gasteiger partial charge in [-0.2, -0.15) is 0 Å². The van der Waals surface area contributed by atoms with Gasteiger partial charge in [-0.1, -0.05) is 0 Å². The summed E-state index contributed by atoms with van der Waals surface area (Å²) in [6.07, 6.45) is 19.5. The van der Waals surface area contributed by atoms with Gasteiger partial charge in [-0.05, 0) is 58.0 Å². The molecule has 0 spiro atoms. The molecule has 0 N–H and O–H groups in total. The Bertz CT molecular complexity index is 1220. The van der Waals surface area contributed by atoms with Gasteiger partial charge in [0.15, 0.2) is 11.6 Å². The average molecular weight is 364 g/mol. The molecule has 132 valence electrons. The zero-order valence-electron chi connectivity index (χ0n) is 14.5. The summed E-state index contributed by atoms with van der Waals surface area (Å²) in [5.74, 6) is -0.193. The van der Waals surface area contributed by atoms with E-state index in [1.54, 1.807) is 49.1 Å². The second-order valence-corrected chi connectivity index (χ2v) is 6.42. The lowest BCUT2D eigenvalue weighted by Crippen LogP contribution is -2.28. The summed E-state index contributed by atoms with van der Waals surface area (Å²) in [6.45, 7) is 0. The van der Waals surface area contributed by atoms with Crippen molar-refractivity contribution in [1.29, 1.82) is 0 Å². The lowest BCUT2D eigenvalue weighted by Gasteiger charge is -2.19. The number of carbonyl (C=O) groups excluding carboxylic acids is 2. The van der Waals surface area contributed by atoms with Gasteiger partial charge in [0.2, 0.25) is 0 Å². The first kappa shape index (κ1) is 16.1. The largest absolute Gasteiger partial charge is 0.290 e. The van der Waals surface area contributed by atoms with Crippen LogP contribution in [-0.4, -0.2) is 31.5 Å². The number of hydrogen-bond donors (Lipinski definition) is 0. The fourth-order valence-corrected chi connectivity index (χ4v) is 3.66. The Labute approximate surface area is 159 Å². The predicted molar refractivity (Wildman–Crippen MR) is 105 cm³/mol. The maximum atomic E-state index is 12.2. The molecule has 6 heteroatoms. The Kier molecular flexibility index (Phi) is 3.62. The van der Waals surface area contributed by atoms with Crippen molar-refractivity contribution in [2.75, 3.05) is 0 Å². The van der Waals surface area contributed by atoms with Gasteiger partial charge in [-0.25, -0.2) is 19.9 Å². The van der Waals surface area contributed by atoms with E-state index in [0.717, 1.165) is 43.8 Å². The van der Waals surface area contributed by atoms with Crippen LogP contribution in [0.2, 0.25) is 0 Å². The van der Waals surface area contributed by atoms with Crippen LogP contribution in [0.5, 0.6) is 0 Å². The molecule has 0 unspecified atom stereocenters. The first-order valence-electron chi connectivity index (χ1n) is 8.60. The van der Waals surface area contributed by atoms with Crippen LogP contribution in [0, 0.1) is 0 Å². The monoisotopic (exact) mass is 364 g/mol. The predicted octanol–water partition coefficient (Wildman–Crippen LogP) is 1.35. The van der Waals surface area contributed by atoms with Crippen LogP contribution in [0.15, 0.2) is 49.6 Å². The number of nitrogens with zero attached hydrogens (tertiary/aromatic N) is 4. The fraction of sp³-hybridized carbons (Fsp3) is 0. The summed E-state index contributed by atoms with van der Waals surface area (Å²) in [6, 6.07) is 0. The first-order valence-corrected chi connectivity index (χ1v) is 8.60. The Morgan fingerprint density at radius 2 is 0.929 bits per heavy atom. The molecule has 0 atom stereocenters. The molecule has 6 nitrogen and oxygen atoms in total. The number of carbonyl (C=O) groups is 2. The molecule has 2 aliphatic carbocycles. The molecule has 2 heterocycles. The van der Waals surface area contributed by atoms with E-state index < -0.39 is 0 Å². The fourth-order valence-electron chi connectivity index (χ4n) is 3.66. The minimum atomic E-state index is -0.0966. The zero-order chi connectivity index (χ0) is 19.1. The number of ketones is 2. The lowest BCUT2D eigenvalue weighted by molar-refractivity contribution is -0.110. The normalized spacial score (nSPS) is 14.1. The molecule has 2 aromatic heterocycles. The van der Waals surface area contributed by atoms with Crippen molar-refractivity contribution in [3.05, 3.63) is 71.2 Å². The SMILES string of the molecule is O=C1C=Cc2c(-c3cncnc3)c3c(c(-c4cncnc4)c2=C1)C=CC(=O)C=3. The molecule has 1 aromatic carbocycles. The van der Waals surface area contributed by atoms with Gasteiger partial charge in [0.25, 0.3) is 0 Å². The van der Waals surface area contributed by atoms with Crippen LogP contribution in [0.25, 0.3) is 46.6 Å². The van der Waals surface area contributed by atoms with Crippen molar-refractivity contribution in [2.24, 2.45) is 0 Å². The molecule has 0 radical (unpaired) electrons.